The Labute approximate surface area is 156 Å². The number of nitrogens with zero attached hydrogens (tertiary/aromatic N) is 3. The third-order valence-electron chi connectivity index (χ3n) is 3.13. The third kappa shape index (κ3) is 4.80. The average Bonchev–Trinajstić information content (AvgIpc) is 3.04. The fourth-order valence-electron chi connectivity index (χ4n) is 2.11. The van der Waals surface area contributed by atoms with Gasteiger partial charge in [0.2, 0.25) is 11.8 Å². The second kappa shape index (κ2) is 8.13. The first-order valence-electron chi connectivity index (χ1n) is 7.33. The minimum Gasteiger partial charge on any atom is -0.325 e. The Bertz CT molecular complexity index is 914. The molecule has 2 aromatic heterocycles. The molecule has 0 aliphatic heterocycles. The SMILES string of the molecule is O=C(CSCC(=O)Nc1ccnc2ccnn12)Nc1cccc(Br)c1. The lowest BCUT2D eigenvalue weighted by molar-refractivity contribution is -0.114. The van der Waals surface area contributed by atoms with E-state index in [1.807, 2.05) is 18.2 Å². The van der Waals surface area contributed by atoms with E-state index < -0.39 is 0 Å². The molecule has 2 N–H and O–H groups in total. The summed E-state index contributed by atoms with van der Waals surface area (Å²) in [5, 5.41) is 9.65. The van der Waals surface area contributed by atoms with Crippen LogP contribution in [-0.2, 0) is 9.59 Å². The summed E-state index contributed by atoms with van der Waals surface area (Å²) < 4.78 is 2.43. The molecule has 0 fully saturated rings. The zero-order valence-corrected chi connectivity index (χ0v) is 15.4. The standard InChI is InChI=1S/C16H14BrN5O2S/c17-11-2-1-3-12(8-11)20-15(23)9-25-10-16(24)21-14-4-6-18-13-5-7-19-22(13)14/h1-8H,9-10H2,(H,20,23)(H,21,24). The molecule has 3 rings (SSSR count). The van der Waals surface area contributed by atoms with Crippen molar-refractivity contribution < 1.29 is 9.59 Å². The predicted octanol–water partition coefficient (Wildman–Crippen LogP) is 2.80. The van der Waals surface area contributed by atoms with Crippen molar-refractivity contribution in [1.29, 1.82) is 0 Å². The first kappa shape index (κ1) is 17.4. The molecule has 2 amide bonds. The smallest absolute Gasteiger partial charge is 0.235 e. The molecular weight excluding hydrogens is 406 g/mol. The summed E-state index contributed by atoms with van der Waals surface area (Å²) in [4.78, 5) is 28.1. The molecule has 0 aliphatic rings. The highest BCUT2D eigenvalue weighted by Gasteiger charge is 2.09. The van der Waals surface area contributed by atoms with Crippen molar-refractivity contribution >= 4 is 56.7 Å². The van der Waals surface area contributed by atoms with Gasteiger partial charge in [-0.25, -0.2) is 4.98 Å². The van der Waals surface area contributed by atoms with Crippen LogP contribution in [-0.4, -0.2) is 37.9 Å². The Balaban J connectivity index is 1.46. The predicted molar refractivity (Wildman–Crippen MR) is 102 cm³/mol. The number of thioether (sulfide) groups is 1. The van der Waals surface area contributed by atoms with Crippen molar-refractivity contribution in [3.05, 3.63) is 53.3 Å². The number of anilines is 2. The van der Waals surface area contributed by atoms with Crippen molar-refractivity contribution in [3.63, 3.8) is 0 Å². The number of hydrogen-bond acceptors (Lipinski definition) is 5. The molecule has 25 heavy (non-hydrogen) atoms. The highest BCUT2D eigenvalue weighted by Crippen LogP contribution is 2.16. The zero-order chi connectivity index (χ0) is 17.6. The van der Waals surface area contributed by atoms with Crippen LogP contribution in [0.25, 0.3) is 5.65 Å². The summed E-state index contributed by atoms with van der Waals surface area (Å²) in [6.07, 6.45) is 3.21. The van der Waals surface area contributed by atoms with Gasteiger partial charge < -0.3 is 10.6 Å². The summed E-state index contributed by atoms with van der Waals surface area (Å²) >= 11 is 4.59. The molecule has 0 bridgehead atoms. The van der Waals surface area contributed by atoms with Crippen LogP contribution < -0.4 is 10.6 Å². The summed E-state index contributed by atoms with van der Waals surface area (Å²) in [7, 11) is 0. The van der Waals surface area contributed by atoms with E-state index in [4.69, 9.17) is 0 Å². The van der Waals surface area contributed by atoms with Crippen molar-refractivity contribution in [2.24, 2.45) is 0 Å². The van der Waals surface area contributed by atoms with E-state index in [1.54, 1.807) is 35.1 Å². The second-order valence-corrected chi connectivity index (χ2v) is 6.93. The molecule has 2 heterocycles. The Hall–Kier alpha value is -2.39. The Morgan fingerprint density at radius 3 is 2.68 bits per heavy atom. The van der Waals surface area contributed by atoms with Crippen LogP contribution in [0, 0.1) is 0 Å². The first-order chi connectivity index (χ1) is 12.1. The molecule has 0 saturated carbocycles. The summed E-state index contributed by atoms with van der Waals surface area (Å²) in [6, 6.07) is 10.8. The number of fused-ring (bicyclic) bond motifs is 1. The number of nitrogens with one attached hydrogen (secondary N) is 2. The van der Waals surface area contributed by atoms with E-state index in [9.17, 15) is 9.59 Å². The van der Waals surface area contributed by atoms with Crippen molar-refractivity contribution in [2.45, 2.75) is 0 Å². The van der Waals surface area contributed by atoms with E-state index in [2.05, 4.69) is 36.6 Å². The molecule has 7 nitrogen and oxygen atoms in total. The highest BCUT2D eigenvalue weighted by atomic mass is 79.9. The monoisotopic (exact) mass is 419 g/mol. The summed E-state index contributed by atoms with van der Waals surface area (Å²) in [6.45, 7) is 0. The molecule has 0 spiro atoms. The third-order valence-corrected chi connectivity index (χ3v) is 4.56. The number of aromatic nitrogens is 3. The van der Waals surface area contributed by atoms with Crippen LogP contribution in [0.4, 0.5) is 11.5 Å². The number of halogens is 1. The van der Waals surface area contributed by atoms with Gasteiger partial charge in [-0.1, -0.05) is 22.0 Å². The summed E-state index contributed by atoms with van der Waals surface area (Å²) in [5.74, 6) is 0.529. The number of rotatable bonds is 6. The Morgan fingerprint density at radius 2 is 1.88 bits per heavy atom. The van der Waals surface area contributed by atoms with Gasteiger partial charge in [0.05, 0.1) is 17.7 Å². The van der Waals surface area contributed by atoms with Crippen LogP contribution in [0.15, 0.2) is 53.3 Å². The van der Waals surface area contributed by atoms with E-state index in [0.717, 1.165) is 4.47 Å². The molecule has 128 valence electrons. The fourth-order valence-corrected chi connectivity index (χ4v) is 3.12. The van der Waals surface area contributed by atoms with Crippen molar-refractivity contribution in [2.75, 3.05) is 22.1 Å². The topological polar surface area (TPSA) is 88.4 Å². The molecular formula is C16H14BrN5O2S. The van der Waals surface area contributed by atoms with E-state index in [0.29, 0.717) is 17.2 Å². The van der Waals surface area contributed by atoms with Crippen LogP contribution >= 0.6 is 27.7 Å². The quantitative estimate of drug-likeness (QED) is 0.641. The lowest BCUT2D eigenvalue weighted by Gasteiger charge is -2.07. The maximum Gasteiger partial charge on any atom is 0.235 e. The van der Waals surface area contributed by atoms with Crippen LogP contribution in [0.1, 0.15) is 0 Å². The van der Waals surface area contributed by atoms with E-state index in [1.165, 1.54) is 11.8 Å². The van der Waals surface area contributed by atoms with Gasteiger partial charge in [0.25, 0.3) is 0 Å². The van der Waals surface area contributed by atoms with Gasteiger partial charge in [0.15, 0.2) is 5.65 Å². The first-order valence-corrected chi connectivity index (χ1v) is 9.28. The molecule has 0 unspecified atom stereocenters. The van der Waals surface area contributed by atoms with E-state index in [-0.39, 0.29) is 23.3 Å². The largest absolute Gasteiger partial charge is 0.325 e. The van der Waals surface area contributed by atoms with Gasteiger partial charge in [-0.15, -0.1) is 11.8 Å². The van der Waals surface area contributed by atoms with Crippen molar-refractivity contribution in [1.82, 2.24) is 14.6 Å². The molecule has 0 saturated heterocycles. The summed E-state index contributed by atoms with van der Waals surface area (Å²) in [5.41, 5.74) is 1.36. The Morgan fingerprint density at radius 1 is 1.08 bits per heavy atom. The number of carbonyl (C=O) groups is 2. The number of amides is 2. The van der Waals surface area contributed by atoms with Crippen LogP contribution in [0.5, 0.6) is 0 Å². The minimum absolute atomic E-state index is 0.158. The Kier molecular flexibility index (Phi) is 5.67. The van der Waals surface area contributed by atoms with E-state index >= 15 is 0 Å². The molecule has 1 aromatic carbocycles. The molecule has 0 radical (unpaired) electrons. The van der Waals surface area contributed by atoms with Crippen molar-refractivity contribution in [3.8, 4) is 0 Å². The van der Waals surface area contributed by atoms with Gasteiger partial charge in [-0.3, -0.25) is 9.59 Å². The van der Waals surface area contributed by atoms with Gasteiger partial charge in [0, 0.05) is 22.4 Å². The fraction of sp³-hybridized carbons (Fsp3) is 0.125. The maximum atomic E-state index is 12.0. The second-order valence-electron chi connectivity index (χ2n) is 5.03. The maximum absolute atomic E-state index is 12.0. The normalized spacial score (nSPS) is 10.6. The lowest BCUT2D eigenvalue weighted by Crippen LogP contribution is -2.19. The van der Waals surface area contributed by atoms with Gasteiger partial charge in [0.1, 0.15) is 5.82 Å². The lowest BCUT2D eigenvalue weighted by atomic mass is 10.3. The molecule has 0 atom stereocenters. The highest BCUT2D eigenvalue weighted by molar-refractivity contribution is 9.10. The number of benzene rings is 1. The zero-order valence-electron chi connectivity index (χ0n) is 13.0. The molecule has 9 heteroatoms. The van der Waals surface area contributed by atoms with Crippen LogP contribution in [0.2, 0.25) is 0 Å². The van der Waals surface area contributed by atoms with Gasteiger partial charge >= 0.3 is 0 Å². The average molecular weight is 420 g/mol. The molecule has 3 aromatic rings. The minimum atomic E-state index is -0.205. The van der Waals surface area contributed by atoms with Gasteiger partial charge in [-0.2, -0.15) is 9.61 Å². The number of hydrogen-bond donors (Lipinski definition) is 2. The van der Waals surface area contributed by atoms with Crippen LogP contribution in [0.3, 0.4) is 0 Å². The van der Waals surface area contributed by atoms with Gasteiger partial charge in [-0.05, 0) is 24.3 Å². The number of carbonyl (C=O) groups excluding carboxylic acids is 2. The molecule has 0 aliphatic carbocycles.